The maximum atomic E-state index is 11.7. The van der Waals surface area contributed by atoms with Crippen LogP contribution < -0.4 is 10.6 Å². The molecule has 0 atom stereocenters. The van der Waals surface area contributed by atoms with Gasteiger partial charge in [0, 0.05) is 24.0 Å². The van der Waals surface area contributed by atoms with Crippen LogP contribution in [0.2, 0.25) is 0 Å². The van der Waals surface area contributed by atoms with Crippen molar-refractivity contribution in [1.29, 1.82) is 0 Å². The fraction of sp³-hybridized carbons (Fsp3) is 0.500. The molecule has 1 aromatic rings. The summed E-state index contributed by atoms with van der Waals surface area (Å²) < 4.78 is 0. The van der Waals surface area contributed by atoms with Crippen molar-refractivity contribution >= 4 is 5.91 Å². The molecule has 0 unspecified atom stereocenters. The summed E-state index contributed by atoms with van der Waals surface area (Å²) in [6, 6.07) is 3.52. The largest absolute Gasteiger partial charge is 0.352 e. The third-order valence-corrected chi connectivity index (χ3v) is 2.22. The number of rotatable bonds is 6. The van der Waals surface area contributed by atoms with Crippen molar-refractivity contribution in [3.05, 3.63) is 29.6 Å². The maximum absolute atomic E-state index is 11.7. The number of hydrogen-bond donors (Lipinski definition) is 2. The second-order valence-corrected chi connectivity index (χ2v) is 3.65. The van der Waals surface area contributed by atoms with E-state index in [4.69, 9.17) is 0 Å². The third-order valence-electron chi connectivity index (χ3n) is 2.22. The van der Waals surface area contributed by atoms with Gasteiger partial charge < -0.3 is 10.6 Å². The molecule has 0 saturated heterocycles. The minimum absolute atomic E-state index is 0.0259. The summed E-state index contributed by atoms with van der Waals surface area (Å²) in [5.41, 5.74) is 1.54. The molecule has 0 aliphatic carbocycles. The van der Waals surface area contributed by atoms with Crippen molar-refractivity contribution in [2.75, 3.05) is 19.6 Å². The number of aryl methyl sites for hydroxylation is 1. The number of pyridine rings is 1. The lowest BCUT2D eigenvalue weighted by Gasteiger charge is -2.05. The molecule has 2 N–H and O–H groups in total. The van der Waals surface area contributed by atoms with E-state index >= 15 is 0 Å². The van der Waals surface area contributed by atoms with Gasteiger partial charge in [0.15, 0.2) is 0 Å². The normalized spacial score (nSPS) is 10.1. The molecule has 0 aromatic carbocycles. The molecule has 0 saturated carbocycles. The lowest BCUT2D eigenvalue weighted by atomic mass is 10.2. The average Bonchev–Trinajstić information content (AvgIpc) is 2.28. The van der Waals surface area contributed by atoms with Crippen LogP contribution in [0.4, 0.5) is 0 Å². The molecule has 0 spiro atoms. The lowest BCUT2D eigenvalue weighted by Crippen LogP contribution is -2.27. The molecule has 0 radical (unpaired) electrons. The van der Waals surface area contributed by atoms with E-state index in [1.807, 2.05) is 6.92 Å². The first kappa shape index (κ1) is 12.6. The summed E-state index contributed by atoms with van der Waals surface area (Å²) >= 11 is 0. The number of nitrogens with zero attached hydrogens (tertiary/aromatic N) is 1. The van der Waals surface area contributed by atoms with Crippen LogP contribution in [-0.4, -0.2) is 30.5 Å². The fourth-order valence-electron chi connectivity index (χ4n) is 1.38. The molecule has 1 heterocycles. The molecule has 1 rings (SSSR count). The Morgan fingerprint density at radius 1 is 1.44 bits per heavy atom. The van der Waals surface area contributed by atoms with E-state index in [-0.39, 0.29) is 5.91 Å². The van der Waals surface area contributed by atoms with Crippen molar-refractivity contribution in [2.45, 2.75) is 20.3 Å². The Morgan fingerprint density at radius 3 is 2.94 bits per heavy atom. The van der Waals surface area contributed by atoms with Crippen LogP contribution in [0.25, 0.3) is 0 Å². The third kappa shape index (κ3) is 4.40. The predicted octanol–water partition coefficient (Wildman–Crippen LogP) is 1.12. The minimum Gasteiger partial charge on any atom is -0.352 e. The second kappa shape index (κ2) is 6.95. The van der Waals surface area contributed by atoms with Gasteiger partial charge in [-0.2, -0.15) is 0 Å². The first-order valence-corrected chi connectivity index (χ1v) is 5.65. The first-order chi connectivity index (χ1) is 7.74. The molecular formula is C12H19N3O. The molecule has 4 heteroatoms. The zero-order valence-electron chi connectivity index (χ0n) is 9.92. The van der Waals surface area contributed by atoms with E-state index < -0.39 is 0 Å². The molecule has 0 aliphatic rings. The summed E-state index contributed by atoms with van der Waals surface area (Å²) in [7, 11) is 0. The summed E-state index contributed by atoms with van der Waals surface area (Å²) in [4.78, 5) is 15.7. The highest BCUT2D eigenvalue weighted by Gasteiger charge is 2.04. The molecule has 0 fully saturated rings. The summed E-state index contributed by atoms with van der Waals surface area (Å²) in [6.45, 7) is 6.55. The van der Waals surface area contributed by atoms with E-state index in [0.717, 1.165) is 25.2 Å². The summed E-state index contributed by atoms with van der Waals surface area (Å²) in [6.07, 6.45) is 2.60. The zero-order valence-corrected chi connectivity index (χ0v) is 9.92. The Hall–Kier alpha value is -1.42. The number of amides is 1. The van der Waals surface area contributed by atoms with Gasteiger partial charge in [-0.15, -0.1) is 0 Å². The van der Waals surface area contributed by atoms with Crippen LogP contribution in [0.3, 0.4) is 0 Å². The quantitative estimate of drug-likeness (QED) is 0.708. The van der Waals surface area contributed by atoms with Crippen molar-refractivity contribution < 1.29 is 4.79 Å². The number of nitrogens with one attached hydrogen (secondary N) is 2. The van der Waals surface area contributed by atoms with Gasteiger partial charge in [0.2, 0.25) is 0 Å². The second-order valence-electron chi connectivity index (χ2n) is 3.65. The highest BCUT2D eigenvalue weighted by Crippen LogP contribution is 2.00. The zero-order chi connectivity index (χ0) is 11.8. The Morgan fingerprint density at radius 2 is 2.25 bits per heavy atom. The molecule has 1 amide bonds. The number of carbonyl (C=O) groups excluding carboxylic acids is 1. The van der Waals surface area contributed by atoms with E-state index in [0.29, 0.717) is 12.1 Å². The standard InChI is InChI=1S/C12H19N3O/c1-3-13-6-4-7-15-12(16)11-5-8-14-10(2)9-11/h5,8-9,13H,3-4,6-7H2,1-2H3,(H,15,16). The van der Waals surface area contributed by atoms with Gasteiger partial charge in [0.1, 0.15) is 0 Å². The molecule has 0 aliphatic heterocycles. The smallest absolute Gasteiger partial charge is 0.251 e. The molecule has 16 heavy (non-hydrogen) atoms. The SMILES string of the molecule is CCNCCCNC(=O)c1ccnc(C)c1. The van der Waals surface area contributed by atoms with Crippen molar-refractivity contribution in [1.82, 2.24) is 15.6 Å². The van der Waals surface area contributed by atoms with Gasteiger partial charge in [-0.3, -0.25) is 9.78 Å². The topological polar surface area (TPSA) is 54.0 Å². The van der Waals surface area contributed by atoms with Crippen LogP contribution in [0.15, 0.2) is 18.3 Å². The van der Waals surface area contributed by atoms with Gasteiger partial charge in [0.05, 0.1) is 0 Å². The van der Waals surface area contributed by atoms with E-state index in [9.17, 15) is 4.79 Å². The van der Waals surface area contributed by atoms with Crippen LogP contribution in [0.1, 0.15) is 29.4 Å². The minimum atomic E-state index is -0.0259. The van der Waals surface area contributed by atoms with Gasteiger partial charge >= 0.3 is 0 Å². The Kier molecular flexibility index (Phi) is 5.50. The number of carbonyl (C=O) groups is 1. The first-order valence-electron chi connectivity index (χ1n) is 5.65. The molecule has 0 bridgehead atoms. The predicted molar refractivity (Wildman–Crippen MR) is 64.5 cm³/mol. The van der Waals surface area contributed by atoms with Gasteiger partial charge in [0.25, 0.3) is 5.91 Å². The van der Waals surface area contributed by atoms with Gasteiger partial charge in [-0.25, -0.2) is 0 Å². The van der Waals surface area contributed by atoms with Gasteiger partial charge in [-0.1, -0.05) is 6.92 Å². The summed E-state index contributed by atoms with van der Waals surface area (Å²) in [5.74, 6) is -0.0259. The van der Waals surface area contributed by atoms with Crippen molar-refractivity contribution in [2.24, 2.45) is 0 Å². The van der Waals surface area contributed by atoms with Crippen LogP contribution in [-0.2, 0) is 0 Å². The van der Waals surface area contributed by atoms with Gasteiger partial charge in [-0.05, 0) is 38.6 Å². The highest BCUT2D eigenvalue weighted by atomic mass is 16.1. The molecular weight excluding hydrogens is 202 g/mol. The van der Waals surface area contributed by atoms with E-state index in [1.165, 1.54) is 0 Å². The van der Waals surface area contributed by atoms with Crippen LogP contribution in [0.5, 0.6) is 0 Å². The van der Waals surface area contributed by atoms with Crippen molar-refractivity contribution in [3.63, 3.8) is 0 Å². The Balaban J connectivity index is 2.30. The highest BCUT2D eigenvalue weighted by molar-refractivity contribution is 5.94. The molecule has 4 nitrogen and oxygen atoms in total. The van der Waals surface area contributed by atoms with Crippen LogP contribution >= 0.6 is 0 Å². The lowest BCUT2D eigenvalue weighted by molar-refractivity contribution is 0.0953. The maximum Gasteiger partial charge on any atom is 0.251 e. The summed E-state index contributed by atoms with van der Waals surface area (Å²) in [5, 5.41) is 6.09. The molecule has 1 aromatic heterocycles. The van der Waals surface area contributed by atoms with E-state index in [1.54, 1.807) is 18.3 Å². The van der Waals surface area contributed by atoms with E-state index in [2.05, 4.69) is 22.5 Å². The number of hydrogen-bond acceptors (Lipinski definition) is 3. The monoisotopic (exact) mass is 221 g/mol. The number of aromatic nitrogens is 1. The molecule has 88 valence electrons. The Bertz CT molecular complexity index is 339. The Labute approximate surface area is 96.5 Å². The fourth-order valence-corrected chi connectivity index (χ4v) is 1.38. The average molecular weight is 221 g/mol. The van der Waals surface area contributed by atoms with Crippen molar-refractivity contribution in [3.8, 4) is 0 Å². The van der Waals surface area contributed by atoms with Crippen LogP contribution in [0, 0.1) is 6.92 Å².